The second-order valence-electron chi connectivity index (χ2n) is 9.38. The number of esters is 1. The van der Waals surface area contributed by atoms with Crippen LogP contribution < -0.4 is 16.3 Å². The number of carbonyl (C=O) groups excluding carboxylic acids is 3. The number of aromatic nitrogens is 2. The molecule has 0 saturated carbocycles. The Morgan fingerprint density at radius 2 is 1.89 bits per heavy atom. The number of aliphatic hydroxyl groups is 1. The maximum absolute atomic E-state index is 13.3. The zero-order valence-electron chi connectivity index (χ0n) is 24.4. The van der Waals surface area contributed by atoms with Gasteiger partial charge in [0.15, 0.2) is 6.04 Å². The topological polar surface area (TPSA) is 203 Å². The number of aliphatic hydroxyl groups excluding tert-OH is 1. The van der Waals surface area contributed by atoms with Gasteiger partial charge in [-0.1, -0.05) is 49.1 Å². The SMILES string of the molecule is C=CCOC(=O)N[C@@H](COP(=O)(OCC=C)OC[C@H]1O[C@@H](n2ccc(NC(=O)Cc3ccccc3)nc2=O)C[C@@H]1O)C(=O)OC. The van der Waals surface area contributed by atoms with E-state index in [2.05, 4.69) is 33.5 Å². The summed E-state index contributed by atoms with van der Waals surface area (Å²) in [4.78, 5) is 52.9. The number of methoxy groups -OCH3 is 1. The average molecular weight is 651 g/mol. The Morgan fingerprint density at radius 1 is 1.16 bits per heavy atom. The first-order chi connectivity index (χ1) is 21.6. The molecule has 244 valence electrons. The first-order valence-corrected chi connectivity index (χ1v) is 15.1. The van der Waals surface area contributed by atoms with Gasteiger partial charge in [-0.2, -0.15) is 4.98 Å². The van der Waals surface area contributed by atoms with Crippen LogP contribution in [0.25, 0.3) is 0 Å². The van der Waals surface area contributed by atoms with Crippen molar-refractivity contribution in [2.24, 2.45) is 0 Å². The van der Waals surface area contributed by atoms with Crippen molar-refractivity contribution in [3.05, 3.63) is 84.0 Å². The van der Waals surface area contributed by atoms with Gasteiger partial charge in [0.05, 0.1) is 39.5 Å². The third kappa shape index (κ3) is 11.0. The van der Waals surface area contributed by atoms with Crippen LogP contribution in [0, 0.1) is 0 Å². The minimum atomic E-state index is -4.43. The van der Waals surface area contributed by atoms with E-state index in [-0.39, 0.29) is 37.8 Å². The summed E-state index contributed by atoms with van der Waals surface area (Å²) < 4.78 is 45.4. The molecule has 1 unspecified atom stereocenters. The van der Waals surface area contributed by atoms with E-state index in [0.29, 0.717) is 0 Å². The van der Waals surface area contributed by atoms with Gasteiger partial charge in [-0.3, -0.25) is 22.9 Å². The summed E-state index contributed by atoms with van der Waals surface area (Å²) in [5, 5.41) is 15.3. The highest BCUT2D eigenvalue weighted by Gasteiger charge is 2.39. The number of phosphoric ester groups is 1. The van der Waals surface area contributed by atoms with Gasteiger partial charge in [0.1, 0.15) is 24.8 Å². The Morgan fingerprint density at radius 3 is 2.56 bits per heavy atom. The number of hydrogen-bond donors (Lipinski definition) is 3. The molecule has 45 heavy (non-hydrogen) atoms. The van der Waals surface area contributed by atoms with E-state index in [9.17, 15) is 28.8 Å². The highest BCUT2D eigenvalue weighted by Crippen LogP contribution is 2.50. The van der Waals surface area contributed by atoms with Crippen molar-refractivity contribution in [1.82, 2.24) is 14.9 Å². The van der Waals surface area contributed by atoms with Crippen LogP contribution in [0.2, 0.25) is 0 Å². The number of benzene rings is 1. The minimum Gasteiger partial charge on any atom is -0.467 e. The number of carbonyl (C=O) groups is 3. The van der Waals surface area contributed by atoms with Gasteiger partial charge >= 0.3 is 25.6 Å². The normalized spacial score (nSPS) is 19.5. The molecule has 17 heteroatoms. The number of rotatable bonds is 17. The number of phosphoric acid groups is 1. The van der Waals surface area contributed by atoms with Gasteiger partial charge in [-0.15, -0.1) is 6.58 Å². The van der Waals surface area contributed by atoms with Crippen LogP contribution in [-0.2, 0) is 48.4 Å². The van der Waals surface area contributed by atoms with Crippen LogP contribution in [0.3, 0.4) is 0 Å². The number of amides is 2. The molecule has 2 heterocycles. The molecular formula is C28H35N4O12P. The Balaban J connectivity index is 1.60. The first-order valence-electron chi connectivity index (χ1n) is 13.6. The van der Waals surface area contributed by atoms with Crippen LogP contribution in [0.1, 0.15) is 18.2 Å². The van der Waals surface area contributed by atoms with Gasteiger partial charge in [-0.25, -0.2) is 18.9 Å². The van der Waals surface area contributed by atoms with Gasteiger partial charge in [-0.05, 0) is 11.6 Å². The number of alkyl carbamates (subject to hydrolysis) is 1. The third-order valence-electron chi connectivity index (χ3n) is 6.08. The average Bonchev–Trinajstić information content (AvgIpc) is 3.39. The summed E-state index contributed by atoms with van der Waals surface area (Å²) in [5.41, 5.74) is 0.0428. The summed E-state index contributed by atoms with van der Waals surface area (Å²) in [6.45, 7) is 5.26. The van der Waals surface area contributed by atoms with Crippen LogP contribution >= 0.6 is 7.82 Å². The van der Waals surface area contributed by atoms with Crippen LogP contribution in [-0.4, -0.2) is 84.4 Å². The van der Waals surface area contributed by atoms with E-state index >= 15 is 0 Å². The molecule has 1 aliphatic heterocycles. The largest absolute Gasteiger partial charge is 0.475 e. The Kier molecular flexibility index (Phi) is 13.6. The van der Waals surface area contributed by atoms with Crippen molar-refractivity contribution in [2.75, 3.05) is 38.9 Å². The molecule has 16 nitrogen and oxygen atoms in total. The van der Waals surface area contributed by atoms with Crippen molar-refractivity contribution in [2.45, 2.75) is 37.3 Å². The van der Waals surface area contributed by atoms with E-state index in [0.717, 1.165) is 17.2 Å². The van der Waals surface area contributed by atoms with Crippen molar-refractivity contribution >= 4 is 31.6 Å². The molecule has 3 N–H and O–H groups in total. The zero-order valence-corrected chi connectivity index (χ0v) is 25.3. The number of anilines is 1. The van der Waals surface area contributed by atoms with Crippen molar-refractivity contribution in [3.8, 4) is 0 Å². The van der Waals surface area contributed by atoms with Crippen LogP contribution in [0.4, 0.5) is 10.6 Å². The van der Waals surface area contributed by atoms with Gasteiger partial charge in [0.25, 0.3) is 0 Å². The number of ether oxygens (including phenoxy) is 3. The lowest BCUT2D eigenvalue weighted by Gasteiger charge is -2.23. The zero-order chi connectivity index (χ0) is 32.8. The molecule has 0 aliphatic carbocycles. The Labute approximate surface area is 258 Å². The number of hydrogen-bond acceptors (Lipinski definition) is 13. The van der Waals surface area contributed by atoms with Crippen LogP contribution in [0.5, 0.6) is 0 Å². The molecule has 0 spiro atoms. The molecule has 0 bridgehead atoms. The Hall–Kier alpha value is -4.18. The molecule has 1 aliphatic rings. The highest BCUT2D eigenvalue weighted by molar-refractivity contribution is 7.48. The fourth-order valence-corrected chi connectivity index (χ4v) is 5.09. The molecule has 1 aromatic carbocycles. The fourth-order valence-electron chi connectivity index (χ4n) is 3.92. The minimum absolute atomic E-state index is 0.0433. The summed E-state index contributed by atoms with van der Waals surface area (Å²) >= 11 is 0. The van der Waals surface area contributed by atoms with E-state index in [1.54, 1.807) is 24.3 Å². The fraction of sp³-hybridized carbons (Fsp3) is 0.393. The van der Waals surface area contributed by atoms with Crippen molar-refractivity contribution < 1.29 is 51.8 Å². The molecule has 3 rings (SSSR count). The lowest BCUT2D eigenvalue weighted by Crippen LogP contribution is -2.44. The summed E-state index contributed by atoms with van der Waals surface area (Å²) in [6.07, 6.45) is -0.213. The van der Waals surface area contributed by atoms with Gasteiger partial charge in [0.2, 0.25) is 5.91 Å². The van der Waals surface area contributed by atoms with Crippen molar-refractivity contribution in [1.29, 1.82) is 0 Å². The predicted molar refractivity (Wildman–Crippen MR) is 158 cm³/mol. The monoisotopic (exact) mass is 650 g/mol. The number of nitrogens with zero attached hydrogens (tertiary/aromatic N) is 2. The first kappa shape index (κ1) is 35.3. The lowest BCUT2D eigenvalue weighted by molar-refractivity contribution is -0.143. The molecule has 2 aromatic rings. The maximum atomic E-state index is 13.3. The van der Waals surface area contributed by atoms with E-state index in [1.807, 2.05) is 6.07 Å². The quantitative estimate of drug-likeness (QED) is 0.127. The molecule has 0 radical (unpaired) electrons. The van der Waals surface area contributed by atoms with Gasteiger partial charge in [0, 0.05) is 12.6 Å². The van der Waals surface area contributed by atoms with E-state index in [1.165, 1.54) is 24.4 Å². The van der Waals surface area contributed by atoms with E-state index < -0.39 is 63.3 Å². The smallest absolute Gasteiger partial charge is 0.467 e. The summed E-state index contributed by atoms with van der Waals surface area (Å²) in [5.74, 6) is -1.25. The molecule has 1 fully saturated rings. The molecular weight excluding hydrogens is 615 g/mol. The third-order valence-corrected chi connectivity index (χ3v) is 7.47. The second kappa shape index (κ2) is 17.3. The molecule has 2 amide bonds. The van der Waals surface area contributed by atoms with Crippen LogP contribution in [0.15, 0.2) is 72.7 Å². The lowest BCUT2D eigenvalue weighted by atomic mass is 10.1. The van der Waals surface area contributed by atoms with E-state index in [4.69, 9.17) is 23.0 Å². The maximum Gasteiger partial charge on any atom is 0.475 e. The predicted octanol–water partition coefficient (Wildman–Crippen LogP) is 1.87. The molecule has 5 atom stereocenters. The standard InChI is InChI=1S/C28H35N4O12P/c1-4-13-40-28(37)29-20(26(35)39-3)17-42-45(38,41-14-5-2)43-18-22-21(33)16-25(44-22)32-12-11-23(31-27(32)36)30-24(34)15-19-9-7-6-8-10-19/h4-12,20-22,25,33H,1-2,13-18H2,3H3,(H,29,37)(H,30,31,34,36)/t20-,21-,22+,25+,45?/m0/s1. The molecule has 1 aromatic heterocycles. The Bertz CT molecular complexity index is 1440. The molecule has 1 saturated heterocycles. The second-order valence-corrected chi connectivity index (χ2v) is 11.0. The summed E-state index contributed by atoms with van der Waals surface area (Å²) in [7, 11) is -3.36. The van der Waals surface area contributed by atoms with Crippen molar-refractivity contribution in [3.63, 3.8) is 0 Å². The number of nitrogens with one attached hydrogen (secondary N) is 2. The summed E-state index contributed by atoms with van der Waals surface area (Å²) in [6, 6.07) is 9.01. The highest BCUT2D eigenvalue weighted by atomic mass is 31.2. The van der Waals surface area contributed by atoms with Gasteiger partial charge < -0.3 is 30.0 Å².